The minimum Gasteiger partial charge on any atom is -0.391 e. The number of azide groups is 1. The Morgan fingerprint density at radius 1 is 1.14 bits per heavy atom. The van der Waals surface area contributed by atoms with Crippen molar-refractivity contribution in [3.8, 4) is 0 Å². The van der Waals surface area contributed by atoms with Crippen molar-refractivity contribution in [3.63, 3.8) is 0 Å². The molecule has 29 heavy (non-hydrogen) atoms. The van der Waals surface area contributed by atoms with Crippen molar-refractivity contribution in [1.82, 2.24) is 4.90 Å². The van der Waals surface area contributed by atoms with E-state index < -0.39 is 18.2 Å². The maximum absolute atomic E-state index is 12.7. The Morgan fingerprint density at radius 2 is 1.83 bits per heavy atom. The molecule has 0 aromatic heterocycles. The first-order valence-electron chi connectivity index (χ1n) is 9.89. The molecule has 2 N–H and O–H groups in total. The summed E-state index contributed by atoms with van der Waals surface area (Å²) in [5.41, 5.74) is 11.7. The largest absolute Gasteiger partial charge is 0.391 e. The second-order valence-corrected chi connectivity index (χ2v) is 7.86. The van der Waals surface area contributed by atoms with E-state index in [2.05, 4.69) is 29.2 Å². The second kappa shape index (κ2) is 9.56. The van der Waals surface area contributed by atoms with Crippen LogP contribution >= 0.6 is 0 Å². The molecule has 1 heterocycles. The molecule has 7 nitrogen and oxygen atoms in total. The maximum Gasteiger partial charge on any atom is 0.246 e. The summed E-state index contributed by atoms with van der Waals surface area (Å²) >= 11 is 0. The second-order valence-electron chi connectivity index (χ2n) is 7.86. The van der Waals surface area contributed by atoms with Gasteiger partial charge in [0.05, 0.1) is 12.1 Å². The molecule has 0 bridgehead atoms. The van der Waals surface area contributed by atoms with Crippen LogP contribution < -0.4 is 5.32 Å². The lowest BCUT2D eigenvalue weighted by Gasteiger charge is -2.32. The summed E-state index contributed by atoms with van der Waals surface area (Å²) in [6.45, 7) is 5.03. The van der Waals surface area contributed by atoms with Crippen LogP contribution in [0.2, 0.25) is 0 Å². The fourth-order valence-electron chi connectivity index (χ4n) is 3.85. The van der Waals surface area contributed by atoms with Crippen LogP contribution in [0.25, 0.3) is 10.4 Å². The lowest BCUT2D eigenvalue weighted by molar-refractivity contribution is -0.121. The number of anilines is 1. The third-order valence-corrected chi connectivity index (χ3v) is 5.08. The van der Waals surface area contributed by atoms with E-state index >= 15 is 0 Å². The van der Waals surface area contributed by atoms with Gasteiger partial charge in [-0.05, 0) is 29.5 Å². The van der Waals surface area contributed by atoms with Crippen LogP contribution in [0.3, 0.4) is 0 Å². The van der Waals surface area contributed by atoms with Gasteiger partial charge in [0.1, 0.15) is 6.04 Å². The molecule has 2 aromatic rings. The predicted molar refractivity (Wildman–Crippen MR) is 113 cm³/mol. The van der Waals surface area contributed by atoms with Crippen LogP contribution in [-0.4, -0.2) is 41.1 Å². The summed E-state index contributed by atoms with van der Waals surface area (Å²) in [5, 5.41) is 17.7. The highest BCUT2D eigenvalue weighted by Crippen LogP contribution is 2.35. The quantitative estimate of drug-likeness (QED) is 0.383. The highest BCUT2D eigenvalue weighted by molar-refractivity contribution is 6.02. The number of fused-ring (bicyclic) bond motifs is 1. The van der Waals surface area contributed by atoms with Crippen molar-refractivity contribution >= 4 is 11.6 Å². The first-order valence-corrected chi connectivity index (χ1v) is 9.89. The Kier molecular flexibility index (Phi) is 6.88. The van der Waals surface area contributed by atoms with E-state index in [-0.39, 0.29) is 12.5 Å². The lowest BCUT2D eigenvalue weighted by Crippen LogP contribution is -2.44. The third-order valence-electron chi connectivity index (χ3n) is 5.08. The normalized spacial score (nSPS) is 17.6. The van der Waals surface area contributed by atoms with E-state index in [1.807, 2.05) is 59.5 Å². The fraction of sp³-hybridized carbons (Fsp3) is 0.409. The molecule has 1 aliphatic heterocycles. The number of para-hydroxylation sites is 1. The Labute approximate surface area is 171 Å². The molecule has 0 radical (unpaired) electrons. The van der Waals surface area contributed by atoms with Crippen molar-refractivity contribution < 1.29 is 9.90 Å². The van der Waals surface area contributed by atoms with Gasteiger partial charge in [0.25, 0.3) is 0 Å². The van der Waals surface area contributed by atoms with Crippen molar-refractivity contribution in [2.75, 3.05) is 18.4 Å². The average molecular weight is 393 g/mol. The fourth-order valence-corrected chi connectivity index (χ4v) is 3.85. The van der Waals surface area contributed by atoms with Crippen LogP contribution in [0, 0.1) is 5.92 Å². The summed E-state index contributed by atoms with van der Waals surface area (Å²) in [6, 6.07) is 16.2. The number of carbonyl (C=O) groups excluding carboxylic acids is 1. The molecule has 0 spiro atoms. The Balaban J connectivity index is 1.82. The van der Waals surface area contributed by atoms with Crippen LogP contribution in [0.1, 0.15) is 31.0 Å². The number of hydrogen-bond acceptors (Lipinski definition) is 4. The lowest BCUT2D eigenvalue weighted by atomic mass is 9.99. The Bertz CT molecular complexity index is 880. The van der Waals surface area contributed by atoms with Crippen molar-refractivity contribution in [1.29, 1.82) is 0 Å². The zero-order valence-corrected chi connectivity index (χ0v) is 16.8. The molecule has 0 fully saturated rings. The molecule has 3 atom stereocenters. The minimum atomic E-state index is -0.898. The first kappa shape index (κ1) is 20.9. The number of aliphatic hydroxyl groups is 1. The maximum atomic E-state index is 12.7. The molecule has 0 aliphatic carbocycles. The number of aliphatic hydroxyl groups excluding tert-OH is 1. The summed E-state index contributed by atoms with van der Waals surface area (Å²) in [5.74, 6) is 0.206. The number of carbonyl (C=O) groups is 1. The Hall–Kier alpha value is -2.86. The molecule has 2 aromatic carbocycles. The number of hydrogen-bond donors (Lipinski definition) is 2. The SMILES string of the molecule is CC(C)CN(C[C@@H](O)C(Cc1ccccc1)N=[N+]=[N-])[C@@H]1C(=O)Nc2ccccc21. The smallest absolute Gasteiger partial charge is 0.246 e. The standard InChI is InChI=1S/C22H27N5O2/c1-15(2)13-27(21-17-10-6-7-11-18(17)24-22(21)29)14-20(28)19(25-26-23)12-16-8-4-3-5-9-16/h3-11,15,19-21,28H,12-14H2,1-2H3,(H,24,29)/t19?,20-,21+/m1/s1. The number of nitrogens with one attached hydrogen (secondary N) is 1. The van der Waals surface area contributed by atoms with Crippen molar-refractivity contribution in [2.45, 2.75) is 38.5 Å². The molecule has 3 rings (SSSR count). The van der Waals surface area contributed by atoms with Crippen LogP contribution in [0.4, 0.5) is 5.69 Å². The summed E-state index contributed by atoms with van der Waals surface area (Å²) in [4.78, 5) is 17.6. The van der Waals surface area contributed by atoms with Gasteiger partial charge in [-0.25, -0.2) is 0 Å². The molecular weight excluding hydrogens is 366 g/mol. The highest BCUT2D eigenvalue weighted by Gasteiger charge is 2.37. The van der Waals surface area contributed by atoms with Gasteiger partial charge in [-0.1, -0.05) is 67.5 Å². The van der Waals surface area contributed by atoms with Crippen LogP contribution in [0.15, 0.2) is 59.7 Å². The number of rotatable bonds is 9. The summed E-state index contributed by atoms with van der Waals surface area (Å²) in [6.07, 6.45) is -0.458. The van der Waals surface area contributed by atoms with E-state index in [1.165, 1.54) is 0 Å². The molecule has 152 valence electrons. The summed E-state index contributed by atoms with van der Waals surface area (Å²) in [7, 11) is 0. The van der Waals surface area contributed by atoms with Crippen molar-refractivity contribution in [2.24, 2.45) is 11.0 Å². The van der Waals surface area contributed by atoms with E-state index in [9.17, 15) is 9.90 Å². The van der Waals surface area contributed by atoms with E-state index in [4.69, 9.17) is 5.53 Å². The van der Waals surface area contributed by atoms with Gasteiger partial charge in [-0.3, -0.25) is 9.69 Å². The minimum absolute atomic E-state index is 0.0950. The van der Waals surface area contributed by atoms with Crippen molar-refractivity contribution in [3.05, 3.63) is 76.2 Å². The zero-order chi connectivity index (χ0) is 20.8. The summed E-state index contributed by atoms with van der Waals surface area (Å²) < 4.78 is 0. The van der Waals surface area contributed by atoms with E-state index in [0.717, 1.165) is 16.8 Å². The molecule has 0 saturated carbocycles. The topological polar surface area (TPSA) is 101 Å². The van der Waals surface area contributed by atoms with Gasteiger partial charge in [0.2, 0.25) is 5.91 Å². The van der Waals surface area contributed by atoms with Gasteiger partial charge in [0, 0.05) is 29.3 Å². The van der Waals surface area contributed by atoms with E-state index in [1.54, 1.807) is 0 Å². The van der Waals surface area contributed by atoms with Crippen LogP contribution in [0.5, 0.6) is 0 Å². The van der Waals surface area contributed by atoms with Gasteiger partial charge in [-0.15, -0.1) is 0 Å². The molecule has 7 heteroatoms. The number of benzene rings is 2. The van der Waals surface area contributed by atoms with Crippen LogP contribution in [-0.2, 0) is 11.2 Å². The number of nitrogens with zero attached hydrogens (tertiary/aromatic N) is 4. The molecule has 1 aliphatic rings. The van der Waals surface area contributed by atoms with Gasteiger partial charge >= 0.3 is 0 Å². The molecular formula is C22H27N5O2. The average Bonchev–Trinajstić information content (AvgIpc) is 3.03. The van der Waals surface area contributed by atoms with Gasteiger partial charge in [-0.2, -0.15) is 0 Å². The first-order chi connectivity index (χ1) is 14.0. The molecule has 0 saturated heterocycles. The molecule has 1 amide bonds. The zero-order valence-electron chi connectivity index (χ0n) is 16.8. The molecule has 1 unspecified atom stereocenters. The third kappa shape index (κ3) is 5.15. The van der Waals surface area contributed by atoms with Gasteiger partial charge in [0.15, 0.2) is 0 Å². The predicted octanol–water partition coefficient (Wildman–Crippen LogP) is 3.92. The van der Waals surface area contributed by atoms with E-state index in [0.29, 0.717) is 18.9 Å². The number of amides is 1. The monoisotopic (exact) mass is 393 g/mol. The van der Waals surface area contributed by atoms with Gasteiger partial charge < -0.3 is 10.4 Å². The highest BCUT2D eigenvalue weighted by atomic mass is 16.3. The Morgan fingerprint density at radius 3 is 2.52 bits per heavy atom.